The van der Waals surface area contributed by atoms with E-state index in [2.05, 4.69) is 57.3 Å². The first-order valence-corrected chi connectivity index (χ1v) is 11.8. The van der Waals surface area contributed by atoms with Crippen molar-refractivity contribution in [2.45, 2.75) is 41.0 Å². The van der Waals surface area contributed by atoms with Crippen molar-refractivity contribution in [1.82, 2.24) is 0 Å². The highest BCUT2D eigenvalue weighted by atomic mass is 16.5. The van der Waals surface area contributed by atoms with Crippen molar-refractivity contribution in [3.05, 3.63) is 93.1 Å². The van der Waals surface area contributed by atoms with Crippen LogP contribution >= 0.6 is 0 Å². The molecule has 2 aromatic carbocycles. The summed E-state index contributed by atoms with van der Waals surface area (Å²) in [5.74, 6) is -0.287. The third kappa shape index (κ3) is 4.30. The third-order valence-corrected chi connectivity index (χ3v) is 6.18. The van der Waals surface area contributed by atoms with E-state index in [1.807, 2.05) is 31.2 Å². The van der Waals surface area contributed by atoms with Gasteiger partial charge in [-0.1, -0.05) is 18.2 Å². The van der Waals surface area contributed by atoms with Crippen molar-refractivity contribution in [2.24, 2.45) is 4.99 Å². The summed E-state index contributed by atoms with van der Waals surface area (Å²) in [4.78, 5) is 17.6. The number of carbonyl (C=O) groups excluding carboxylic acids is 1. The van der Waals surface area contributed by atoms with Gasteiger partial charge in [0.1, 0.15) is 0 Å². The molecule has 0 aliphatic heterocycles. The molecule has 0 fully saturated rings. The van der Waals surface area contributed by atoms with Crippen LogP contribution in [0, 0.1) is 6.92 Å². The molecule has 170 valence electrons. The van der Waals surface area contributed by atoms with E-state index in [4.69, 9.17) is 9.73 Å². The minimum absolute atomic E-state index is 0.287. The van der Waals surface area contributed by atoms with Crippen molar-refractivity contribution in [3.63, 3.8) is 0 Å². The van der Waals surface area contributed by atoms with Gasteiger partial charge in [-0.2, -0.15) is 0 Å². The maximum absolute atomic E-state index is 12.9. The van der Waals surface area contributed by atoms with Crippen LogP contribution in [0.5, 0.6) is 0 Å². The summed E-state index contributed by atoms with van der Waals surface area (Å²) in [6, 6.07) is 12.3. The van der Waals surface area contributed by atoms with E-state index in [0.29, 0.717) is 12.2 Å². The Morgan fingerprint density at radius 2 is 1.85 bits per heavy atom. The normalized spacial score (nSPS) is 16.1. The number of anilines is 1. The van der Waals surface area contributed by atoms with Gasteiger partial charge >= 0.3 is 5.97 Å². The van der Waals surface area contributed by atoms with Gasteiger partial charge in [0.15, 0.2) is 0 Å². The van der Waals surface area contributed by atoms with Crippen molar-refractivity contribution in [1.29, 1.82) is 0 Å². The van der Waals surface area contributed by atoms with Gasteiger partial charge < -0.3 is 10.1 Å². The van der Waals surface area contributed by atoms with Crippen LogP contribution in [-0.4, -0.2) is 31.4 Å². The molecule has 4 rings (SSSR count). The highest BCUT2D eigenvalue weighted by Gasteiger charge is 2.29. The van der Waals surface area contributed by atoms with Gasteiger partial charge in [-0.25, -0.2) is 4.79 Å². The number of allylic oxidation sites excluding steroid dienone is 5. The van der Waals surface area contributed by atoms with Gasteiger partial charge in [-0.05, 0) is 116 Å². The Hall–Kier alpha value is -3.40. The van der Waals surface area contributed by atoms with Gasteiger partial charge in [0, 0.05) is 18.8 Å². The molecule has 0 radical (unpaired) electrons. The van der Waals surface area contributed by atoms with Crippen LogP contribution in [0.2, 0.25) is 0 Å². The van der Waals surface area contributed by atoms with E-state index in [1.54, 1.807) is 0 Å². The number of ether oxygens (including phenoxy) is 1. The summed E-state index contributed by atoms with van der Waals surface area (Å²) >= 11 is 0. The maximum atomic E-state index is 12.9. The summed E-state index contributed by atoms with van der Waals surface area (Å²) in [6.45, 7) is 12.2. The molecule has 4 heteroatoms. The van der Waals surface area contributed by atoms with Crippen LogP contribution in [0.3, 0.4) is 0 Å². The smallest absolute Gasteiger partial charge is 0.338 e. The molecular weight excluding hydrogens is 408 g/mol. The molecule has 0 aromatic heterocycles. The molecule has 1 N–H and O–H groups in total. The monoisotopic (exact) mass is 440 g/mol. The number of benzene rings is 2. The van der Waals surface area contributed by atoms with Crippen molar-refractivity contribution < 1.29 is 9.53 Å². The number of aliphatic imine (C=N–C) groups is 1. The zero-order valence-corrected chi connectivity index (χ0v) is 20.2. The van der Waals surface area contributed by atoms with E-state index >= 15 is 0 Å². The summed E-state index contributed by atoms with van der Waals surface area (Å²) in [5, 5.41) is 3.49. The number of hydrogen-bond donors (Lipinski definition) is 1. The fourth-order valence-electron chi connectivity index (χ4n) is 4.70. The fourth-order valence-corrected chi connectivity index (χ4v) is 4.70. The minimum atomic E-state index is -0.287. The van der Waals surface area contributed by atoms with Crippen molar-refractivity contribution in [2.75, 3.05) is 25.0 Å². The molecule has 0 spiro atoms. The molecular formula is C29H32N2O2. The molecule has 0 unspecified atom stereocenters. The molecule has 0 amide bonds. The van der Waals surface area contributed by atoms with Crippen LogP contribution in [0.4, 0.5) is 5.69 Å². The van der Waals surface area contributed by atoms with Crippen molar-refractivity contribution in [3.8, 4) is 0 Å². The van der Waals surface area contributed by atoms with E-state index in [1.165, 1.54) is 27.8 Å². The number of nitrogens with one attached hydrogen (secondary N) is 1. The Bertz CT molecular complexity index is 1230. The number of fused-ring (bicyclic) bond motifs is 2. The van der Waals surface area contributed by atoms with Gasteiger partial charge in [0.25, 0.3) is 0 Å². The quantitative estimate of drug-likeness (QED) is 0.536. The van der Waals surface area contributed by atoms with Crippen LogP contribution in [-0.2, 0) is 11.2 Å². The highest BCUT2D eigenvalue weighted by Crippen LogP contribution is 2.44. The SMILES string of the molecule is CCN=C1C=C2Cc3cc(NCC)c(C)cc3C(c3ccccc3C(=O)OCC)=C2C=C1C. The fraction of sp³-hybridized carbons (Fsp3) is 0.310. The molecule has 2 aromatic rings. The van der Waals surface area contributed by atoms with Gasteiger partial charge in [0.05, 0.1) is 17.9 Å². The Labute approximate surface area is 196 Å². The molecule has 2 aliphatic rings. The average Bonchev–Trinajstić information content (AvgIpc) is 2.80. The van der Waals surface area contributed by atoms with E-state index in [9.17, 15) is 4.79 Å². The Balaban J connectivity index is 2.02. The van der Waals surface area contributed by atoms with E-state index in [0.717, 1.165) is 47.6 Å². The van der Waals surface area contributed by atoms with Crippen LogP contribution < -0.4 is 5.32 Å². The number of carbonyl (C=O) groups is 1. The molecule has 0 atom stereocenters. The maximum Gasteiger partial charge on any atom is 0.338 e. The van der Waals surface area contributed by atoms with Crippen LogP contribution in [0.1, 0.15) is 60.3 Å². The Morgan fingerprint density at radius 1 is 1.06 bits per heavy atom. The molecule has 0 saturated carbocycles. The summed E-state index contributed by atoms with van der Waals surface area (Å²) in [6.07, 6.45) is 5.29. The largest absolute Gasteiger partial charge is 0.462 e. The lowest BCUT2D eigenvalue weighted by atomic mass is 9.75. The standard InChI is InChI=1S/C29H32N2O2/c1-6-30-26-16-20-15-21-17-27(31-7-2)19(5)14-25(21)28(24(20)13-18(26)4)22-11-9-10-12-23(22)29(32)33-8-3/h9-14,16-17,30H,6-8,15H2,1-5H3. The highest BCUT2D eigenvalue weighted by molar-refractivity contribution is 6.12. The number of rotatable bonds is 6. The summed E-state index contributed by atoms with van der Waals surface area (Å²) in [5.41, 5.74) is 12.0. The molecule has 4 nitrogen and oxygen atoms in total. The predicted octanol–water partition coefficient (Wildman–Crippen LogP) is 6.31. The summed E-state index contributed by atoms with van der Waals surface area (Å²) < 4.78 is 5.41. The molecule has 0 heterocycles. The lowest BCUT2D eigenvalue weighted by Crippen LogP contribution is -2.17. The lowest BCUT2D eigenvalue weighted by Gasteiger charge is -2.30. The Kier molecular flexibility index (Phi) is 6.64. The van der Waals surface area contributed by atoms with E-state index in [-0.39, 0.29) is 5.97 Å². The number of hydrogen-bond acceptors (Lipinski definition) is 4. The number of nitrogens with zero attached hydrogens (tertiary/aromatic N) is 1. The molecule has 0 saturated heterocycles. The average molecular weight is 441 g/mol. The van der Waals surface area contributed by atoms with Gasteiger partial charge in [-0.15, -0.1) is 0 Å². The Morgan fingerprint density at radius 3 is 2.58 bits per heavy atom. The van der Waals surface area contributed by atoms with Crippen molar-refractivity contribution >= 4 is 22.9 Å². The minimum Gasteiger partial charge on any atom is -0.462 e. The zero-order chi connectivity index (χ0) is 23.5. The lowest BCUT2D eigenvalue weighted by molar-refractivity contribution is 0.0526. The molecule has 2 aliphatic carbocycles. The molecule has 33 heavy (non-hydrogen) atoms. The summed E-state index contributed by atoms with van der Waals surface area (Å²) in [7, 11) is 0. The van der Waals surface area contributed by atoms with Crippen LogP contribution in [0.25, 0.3) is 5.57 Å². The topological polar surface area (TPSA) is 50.7 Å². The van der Waals surface area contributed by atoms with Gasteiger partial charge in [0.2, 0.25) is 0 Å². The van der Waals surface area contributed by atoms with Crippen LogP contribution in [0.15, 0.2) is 70.3 Å². The first-order valence-electron chi connectivity index (χ1n) is 11.8. The number of esters is 1. The molecule has 0 bridgehead atoms. The predicted molar refractivity (Wildman–Crippen MR) is 137 cm³/mol. The van der Waals surface area contributed by atoms with E-state index < -0.39 is 0 Å². The number of aryl methyl sites for hydroxylation is 1. The second-order valence-corrected chi connectivity index (χ2v) is 8.44. The second kappa shape index (κ2) is 9.62. The van der Waals surface area contributed by atoms with Gasteiger partial charge in [-0.3, -0.25) is 4.99 Å². The first-order chi connectivity index (χ1) is 16.0. The second-order valence-electron chi connectivity index (χ2n) is 8.44. The third-order valence-electron chi connectivity index (χ3n) is 6.18. The zero-order valence-electron chi connectivity index (χ0n) is 20.2. The first kappa shape index (κ1) is 22.8.